The minimum Gasteiger partial charge on any atom is -0.507 e. The molecule has 1 saturated carbocycles. The molecule has 112 valence electrons. The van der Waals surface area contributed by atoms with E-state index in [0.29, 0.717) is 22.6 Å². The summed E-state index contributed by atoms with van der Waals surface area (Å²) >= 11 is 0. The highest BCUT2D eigenvalue weighted by atomic mass is 16.3. The summed E-state index contributed by atoms with van der Waals surface area (Å²) in [7, 11) is 0. The number of phenols is 1. The quantitative estimate of drug-likeness (QED) is 0.857. The topological polar surface area (TPSA) is 32.3 Å². The molecule has 0 amide bonds. The van der Waals surface area contributed by atoms with Crippen molar-refractivity contribution in [3.8, 4) is 5.75 Å². The number of rotatable bonds is 3. The highest BCUT2D eigenvalue weighted by Gasteiger charge is 2.38. The van der Waals surface area contributed by atoms with Crippen molar-refractivity contribution in [2.75, 3.05) is 0 Å². The third-order valence-corrected chi connectivity index (χ3v) is 4.46. The lowest BCUT2D eigenvalue weighted by Crippen LogP contribution is -2.43. The van der Waals surface area contributed by atoms with Gasteiger partial charge in [0.05, 0.1) is 0 Å². The van der Waals surface area contributed by atoms with Gasteiger partial charge in [-0.3, -0.25) is 0 Å². The second-order valence-electron chi connectivity index (χ2n) is 8.07. The first-order valence-electron chi connectivity index (χ1n) is 7.69. The van der Waals surface area contributed by atoms with E-state index in [9.17, 15) is 5.11 Å². The lowest BCUT2D eigenvalue weighted by molar-refractivity contribution is 0.0844. The number of benzene rings is 1. The van der Waals surface area contributed by atoms with E-state index >= 15 is 0 Å². The molecule has 0 atom stereocenters. The number of phenolic OH excluding ortho intramolecular Hbond substituents is 1. The summed E-state index contributed by atoms with van der Waals surface area (Å²) in [6, 6.07) is 6.51. The number of para-hydroxylation sites is 1. The van der Waals surface area contributed by atoms with Crippen molar-refractivity contribution in [1.82, 2.24) is 5.32 Å². The van der Waals surface area contributed by atoms with E-state index in [1.54, 1.807) is 0 Å². The number of aromatic hydroxyl groups is 1. The van der Waals surface area contributed by atoms with Crippen molar-refractivity contribution in [3.05, 3.63) is 29.3 Å². The third kappa shape index (κ3) is 3.76. The smallest absolute Gasteiger partial charge is 0.122 e. The molecule has 1 aromatic carbocycles. The fourth-order valence-electron chi connectivity index (χ4n) is 4.11. The lowest BCUT2D eigenvalue weighted by atomic mass is 9.63. The molecule has 0 aliphatic heterocycles. The van der Waals surface area contributed by atoms with Crippen LogP contribution in [0.1, 0.15) is 58.1 Å². The summed E-state index contributed by atoms with van der Waals surface area (Å²) in [5.41, 5.74) is 2.75. The van der Waals surface area contributed by atoms with Crippen LogP contribution in [-0.4, -0.2) is 11.1 Å². The largest absolute Gasteiger partial charge is 0.507 e. The monoisotopic (exact) mass is 275 g/mol. The molecule has 1 fully saturated rings. The number of aryl methyl sites for hydroxylation is 1. The van der Waals surface area contributed by atoms with Crippen molar-refractivity contribution in [2.45, 2.75) is 66.5 Å². The van der Waals surface area contributed by atoms with Gasteiger partial charge in [-0.25, -0.2) is 0 Å². The molecule has 2 nitrogen and oxygen atoms in total. The average molecular weight is 275 g/mol. The van der Waals surface area contributed by atoms with Gasteiger partial charge >= 0.3 is 0 Å². The molecular formula is C18H29NO. The van der Waals surface area contributed by atoms with E-state index in [2.05, 4.69) is 33.0 Å². The van der Waals surface area contributed by atoms with Crippen molar-refractivity contribution < 1.29 is 5.11 Å². The van der Waals surface area contributed by atoms with Gasteiger partial charge in [0, 0.05) is 18.2 Å². The summed E-state index contributed by atoms with van der Waals surface area (Å²) in [6.45, 7) is 12.2. The lowest BCUT2D eigenvalue weighted by Gasteiger charge is -2.45. The summed E-state index contributed by atoms with van der Waals surface area (Å²) in [4.78, 5) is 0. The van der Waals surface area contributed by atoms with Crippen molar-refractivity contribution in [2.24, 2.45) is 10.8 Å². The molecule has 0 heterocycles. The van der Waals surface area contributed by atoms with Crippen LogP contribution in [0.4, 0.5) is 0 Å². The molecule has 0 spiro atoms. The van der Waals surface area contributed by atoms with Gasteiger partial charge in [0.15, 0.2) is 0 Å². The van der Waals surface area contributed by atoms with E-state index in [-0.39, 0.29) is 0 Å². The summed E-state index contributed by atoms with van der Waals surface area (Å²) in [5, 5.41) is 13.7. The fourth-order valence-corrected chi connectivity index (χ4v) is 4.11. The first-order valence-corrected chi connectivity index (χ1v) is 7.69. The molecule has 2 rings (SSSR count). The molecule has 2 N–H and O–H groups in total. The first kappa shape index (κ1) is 15.4. The van der Waals surface area contributed by atoms with Crippen molar-refractivity contribution in [1.29, 1.82) is 0 Å². The molecule has 1 aliphatic carbocycles. The zero-order valence-electron chi connectivity index (χ0n) is 13.6. The van der Waals surface area contributed by atoms with E-state index in [1.807, 2.05) is 25.1 Å². The number of nitrogens with one attached hydrogen (secondary N) is 1. The zero-order chi connectivity index (χ0) is 15.0. The Balaban J connectivity index is 2.02. The predicted molar refractivity (Wildman–Crippen MR) is 84.9 cm³/mol. The van der Waals surface area contributed by atoms with Gasteiger partial charge in [-0.05, 0) is 42.6 Å². The van der Waals surface area contributed by atoms with E-state index in [4.69, 9.17) is 0 Å². The Morgan fingerprint density at radius 2 is 1.75 bits per heavy atom. The van der Waals surface area contributed by atoms with Crippen LogP contribution in [0.15, 0.2) is 18.2 Å². The van der Waals surface area contributed by atoms with Gasteiger partial charge < -0.3 is 10.4 Å². The minimum atomic E-state index is 0.397. The SMILES string of the molecule is Cc1cccc(CNC2CC(C)(C)CC(C)(C)C2)c1O. The molecule has 0 unspecified atom stereocenters. The van der Waals surface area contributed by atoms with Crippen LogP contribution in [0.3, 0.4) is 0 Å². The van der Waals surface area contributed by atoms with Crippen LogP contribution in [-0.2, 0) is 6.54 Å². The van der Waals surface area contributed by atoms with Gasteiger partial charge in [0.2, 0.25) is 0 Å². The first-order chi connectivity index (χ1) is 9.19. The summed E-state index contributed by atoms with van der Waals surface area (Å²) in [6.07, 6.45) is 3.71. The Bertz CT molecular complexity index is 460. The van der Waals surface area contributed by atoms with Crippen LogP contribution >= 0.6 is 0 Å². The Kier molecular flexibility index (Phi) is 4.15. The molecular weight excluding hydrogens is 246 g/mol. The number of hydrogen-bond acceptors (Lipinski definition) is 2. The maximum Gasteiger partial charge on any atom is 0.122 e. The minimum absolute atomic E-state index is 0.397. The molecule has 1 aromatic rings. The Morgan fingerprint density at radius 3 is 2.35 bits per heavy atom. The number of hydrogen-bond donors (Lipinski definition) is 2. The third-order valence-electron chi connectivity index (χ3n) is 4.46. The molecule has 0 saturated heterocycles. The van der Waals surface area contributed by atoms with E-state index < -0.39 is 0 Å². The van der Waals surface area contributed by atoms with Crippen LogP contribution in [0.2, 0.25) is 0 Å². The molecule has 0 aromatic heterocycles. The Hall–Kier alpha value is -1.02. The van der Waals surface area contributed by atoms with Gasteiger partial charge in [0.1, 0.15) is 5.75 Å². The maximum atomic E-state index is 10.1. The van der Waals surface area contributed by atoms with Crippen molar-refractivity contribution in [3.63, 3.8) is 0 Å². The standard InChI is InChI=1S/C18H29NO/c1-13-7-6-8-14(16(13)20)11-19-15-9-17(2,3)12-18(4,5)10-15/h6-8,15,19-20H,9-12H2,1-5H3. The molecule has 1 aliphatic rings. The van der Waals surface area contributed by atoms with Gasteiger partial charge in [-0.15, -0.1) is 0 Å². The predicted octanol–water partition coefficient (Wildman–Crippen LogP) is 4.40. The van der Waals surface area contributed by atoms with Crippen LogP contribution in [0, 0.1) is 17.8 Å². The van der Waals surface area contributed by atoms with Gasteiger partial charge in [-0.1, -0.05) is 45.9 Å². The van der Waals surface area contributed by atoms with Gasteiger partial charge in [0.25, 0.3) is 0 Å². The molecule has 20 heavy (non-hydrogen) atoms. The summed E-state index contributed by atoms with van der Waals surface area (Å²) < 4.78 is 0. The normalized spacial score (nSPS) is 21.9. The fraction of sp³-hybridized carbons (Fsp3) is 0.667. The zero-order valence-corrected chi connectivity index (χ0v) is 13.6. The molecule has 2 heteroatoms. The van der Waals surface area contributed by atoms with Crippen LogP contribution < -0.4 is 5.32 Å². The van der Waals surface area contributed by atoms with Gasteiger partial charge in [-0.2, -0.15) is 0 Å². The second-order valence-corrected chi connectivity index (χ2v) is 8.07. The van der Waals surface area contributed by atoms with Crippen LogP contribution in [0.25, 0.3) is 0 Å². The van der Waals surface area contributed by atoms with Crippen LogP contribution in [0.5, 0.6) is 5.75 Å². The van der Waals surface area contributed by atoms with Crippen molar-refractivity contribution >= 4 is 0 Å². The molecule has 0 bridgehead atoms. The Labute approximate surface area is 123 Å². The maximum absolute atomic E-state index is 10.1. The summed E-state index contributed by atoms with van der Waals surface area (Å²) in [5.74, 6) is 0.439. The van der Waals surface area contributed by atoms with E-state index in [1.165, 1.54) is 19.3 Å². The highest BCUT2D eigenvalue weighted by Crippen LogP contribution is 2.45. The highest BCUT2D eigenvalue weighted by molar-refractivity contribution is 5.39. The average Bonchev–Trinajstić information content (AvgIpc) is 2.27. The molecule has 0 radical (unpaired) electrons. The Morgan fingerprint density at radius 1 is 1.15 bits per heavy atom. The second kappa shape index (κ2) is 5.40. The van der Waals surface area contributed by atoms with E-state index in [0.717, 1.165) is 17.7 Å².